The lowest BCUT2D eigenvalue weighted by Gasteiger charge is -1.97. The summed E-state index contributed by atoms with van der Waals surface area (Å²) in [7, 11) is 1.24. The van der Waals surface area contributed by atoms with Crippen molar-refractivity contribution in [3.63, 3.8) is 0 Å². The fraction of sp³-hybridized carbons (Fsp3) is 0.333. The minimum Gasteiger partial charge on any atom is -0.0622 e. The molecule has 0 radical (unpaired) electrons. The molecular formula is C18H26P2+2. The molecule has 0 fully saturated rings. The standard InChI is InChI=1S/C18H24P2/c1-3-9-17(10-4-1)15-19-13-7-8-14-20-16-18-11-5-2-6-12-18/h1-6,9-12,19-20H,7-8,13-16H2/p+2. The minimum absolute atomic E-state index is 0.621. The SMILES string of the molecule is c1ccc(C[PH2+]CCCC[PH2+]Cc2ccccc2)cc1. The Morgan fingerprint density at radius 3 is 1.35 bits per heavy atom. The predicted octanol–water partition coefficient (Wildman–Crippen LogP) is 4.99. The predicted molar refractivity (Wildman–Crippen MR) is 98.7 cm³/mol. The van der Waals surface area contributed by atoms with Gasteiger partial charge in [0.25, 0.3) is 0 Å². The fourth-order valence-corrected chi connectivity index (χ4v) is 5.12. The van der Waals surface area contributed by atoms with Crippen LogP contribution in [0.1, 0.15) is 24.0 Å². The van der Waals surface area contributed by atoms with Crippen molar-refractivity contribution in [2.45, 2.75) is 25.2 Å². The van der Waals surface area contributed by atoms with Crippen molar-refractivity contribution in [3.8, 4) is 0 Å². The van der Waals surface area contributed by atoms with Gasteiger partial charge in [0.2, 0.25) is 0 Å². The van der Waals surface area contributed by atoms with Crippen LogP contribution in [0, 0.1) is 0 Å². The molecule has 20 heavy (non-hydrogen) atoms. The van der Waals surface area contributed by atoms with Crippen LogP contribution in [0.5, 0.6) is 0 Å². The van der Waals surface area contributed by atoms with Gasteiger partial charge >= 0.3 is 0 Å². The first-order valence-corrected chi connectivity index (χ1v) is 10.9. The van der Waals surface area contributed by atoms with E-state index < -0.39 is 0 Å². The Kier molecular flexibility index (Phi) is 7.91. The maximum Gasteiger partial charge on any atom is 0.0797 e. The molecule has 0 aromatic heterocycles. The molecule has 0 aliphatic rings. The van der Waals surface area contributed by atoms with Crippen LogP contribution in [0.15, 0.2) is 60.7 Å². The van der Waals surface area contributed by atoms with Crippen molar-refractivity contribution >= 4 is 17.2 Å². The molecule has 0 aliphatic carbocycles. The topological polar surface area (TPSA) is 0 Å². The van der Waals surface area contributed by atoms with Crippen LogP contribution in [0.3, 0.4) is 0 Å². The van der Waals surface area contributed by atoms with E-state index in [1.807, 2.05) is 0 Å². The lowest BCUT2D eigenvalue weighted by molar-refractivity contribution is 0.900. The van der Waals surface area contributed by atoms with E-state index in [4.69, 9.17) is 0 Å². The summed E-state index contributed by atoms with van der Waals surface area (Å²) in [6, 6.07) is 21.9. The van der Waals surface area contributed by atoms with E-state index in [1.165, 1.54) is 48.6 Å². The van der Waals surface area contributed by atoms with Crippen LogP contribution >= 0.6 is 17.2 Å². The van der Waals surface area contributed by atoms with E-state index in [0.717, 1.165) is 0 Å². The van der Waals surface area contributed by atoms with Crippen LogP contribution < -0.4 is 0 Å². The highest BCUT2D eigenvalue weighted by atomic mass is 31.1. The number of hydrogen-bond donors (Lipinski definition) is 0. The summed E-state index contributed by atoms with van der Waals surface area (Å²) in [4.78, 5) is 0. The van der Waals surface area contributed by atoms with Gasteiger partial charge in [-0.15, -0.1) is 0 Å². The van der Waals surface area contributed by atoms with Gasteiger partial charge in [0.05, 0.1) is 24.6 Å². The summed E-state index contributed by atoms with van der Waals surface area (Å²) in [6.45, 7) is 0. The Morgan fingerprint density at radius 1 is 0.550 bits per heavy atom. The molecule has 2 rings (SSSR count). The third kappa shape index (κ3) is 6.65. The van der Waals surface area contributed by atoms with Crippen molar-refractivity contribution in [2.24, 2.45) is 0 Å². The third-order valence-corrected chi connectivity index (χ3v) is 6.67. The fourth-order valence-electron chi connectivity index (χ4n) is 2.34. The number of benzene rings is 2. The second-order valence-electron chi connectivity index (χ2n) is 5.24. The van der Waals surface area contributed by atoms with Gasteiger partial charge in [-0.2, -0.15) is 0 Å². The Bertz CT molecular complexity index is 408. The first kappa shape index (κ1) is 15.7. The normalized spacial score (nSPS) is 11.8. The molecule has 0 saturated carbocycles. The monoisotopic (exact) mass is 304 g/mol. The van der Waals surface area contributed by atoms with Crippen LogP contribution in [-0.4, -0.2) is 12.3 Å². The summed E-state index contributed by atoms with van der Waals surface area (Å²) < 4.78 is 0. The molecule has 0 aliphatic heterocycles. The summed E-state index contributed by atoms with van der Waals surface area (Å²) in [6.07, 6.45) is 8.50. The highest BCUT2D eigenvalue weighted by Crippen LogP contribution is 2.23. The molecule has 2 aromatic rings. The zero-order valence-electron chi connectivity index (χ0n) is 12.2. The summed E-state index contributed by atoms with van der Waals surface area (Å²) in [5, 5.41) is 0. The van der Waals surface area contributed by atoms with Crippen molar-refractivity contribution in [3.05, 3.63) is 71.8 Å². The van der Waals surface area contributed by atoms with Gasteiger partial charge in [-0.25, -0.2) is 0 Å². The number of rotatable bonds is 9. The molecule has 2 unspecified atom stereocenters. The van der Waals surface area contributed by atoms with Crippen molar-refractivity contribution in [1.29, 1.82) is 0 Å². The molecule has 0 spiro atoms. The Morgan fingerprint density at radius 2 is 0.950 bits per heavy atom. The molecule has 2 aromatic carbocycles. The molecule has 0 saturated heterocycles. The molecule has 2 atom stereocenters. The van der Waals surface area contributed by atoms with Crippen molar-refractivity contribution < 1.29 is 0 Å². The highest BCUT2D eigenvalue weighted by molar-refractivity contribution is 7.37. The van der Waals surface area contributed by atoms with E-state index in [1.54, 1.807) is 0 Å². The molecule has 0 N–H and O–H groups in total. The Balaban J connectivity index is 1.44. The van der Waals surface area contributed by atoms with Crippen LogP contribution in [0.25, 0.3) is 0 Å². The lowest BCUT2D eigenvalue weighted by atomic mass is 10.2. The molecule has 106 valence electrons. The average Bonchev–Trinajstić information content (AvgIpc) is 2.52. The van der Waals surface area contributed by atoms with E-state index in [-0.39, 0.29) is 0 Å². The van der Waals surface area contributed by atoms with Gasteiger partial charge in [-0.1, -0.05) is 60.7 Å². The minimum atomic E-state index is 0.621. The second kappa shape index (κ2) is 10.1. The molecule has 2 heteroatoms. The van der Waals surface area contributed by atoms with Gasteiger partial charge in [0.1, 0.15) is 0 Å². The highest BCUT2D eigenvalue weighted by Gasteiger charge is 2.01. The summed E-state index contributed by atoms with van der Waals surface area (Å²) in [5.41, 5.74) is 3.05. The largest absolute Gasteiger partial charge is 0.0797 e. The van der Waals surface area contributed by atoms with Gasteiger partial charge in [0.15, 0.2) is 0 Å². The first-order chi connectivity index (χ1) is 9.95. The van der Waals surface area contributed by atoms with E-state index >= 15 is 0 Å². The second-order valence-corrected chi connectivity index (χ2v) is 8.37. The third-order valence-electron chi connectivity index (χ3n) is 3.51. The molecule has 0 nitrogen and oxygen atoms in total. The van der Waals surface area contributed by atoms with Crippen molar-refractivity contribution in [2.75, 3.05) is 12.3 Å². The maximum atomic E-state index is 2.26. The average molecular weight is 304 g/mol. The first-order valence-electron chi connectivity index (χ1n) is 7.66. The van der Waals surface area contributed by atoms with Crippen LogP contribution in [-0.2, 0) is 12.3 Å². The maximum absolute atomic E-state index is 2.26. The van der Waals surface area contributed by atoms with E-state index in [0.29, 0.717) is 17.2 Å². The van der Waals surface area contributed by atoms with Gasteiger partial charge in [0, 0.05) is 0 Å². The van der Waals surface area contributed by atoms with Crippen LogP contribution in [0.4, 0.5) is 0 Å². The van der Waals surface area contributed by atoms with Crippen molar-refractivity contribution in [1.82, 2.24) is 0 Å². The molecule has 0 amide bonds. The summed E-state index contributed by atoms with van der Waals surface area (Å²) >= 11 is 0. The number of hydrogen-bond acceptors (Lipinski definition) is 0. The summed E-state index contributed by atoms with van der Waals surface area (Å²) in [5.74, 6) is 0. The van der Waals surface area contributed by atoms with E-state index in [9.17, 15) is 0 Å². The molecular weight excluding hydrogens is 278 g/mol. The number of unbranched alkanes of at least 4 members (excludes halogenated alkanes) is 1. The van der Waals surface area contributed by atoms with E-state index in [2.05, 4.69) is 60.7 Å². The van der Waals surface area contributed by atoms with Gasteiger partial charge in [-0.3, -0.25) is 0 Å². The van der Waals surface area contributed by atoms with Gasteiger partial charge in [-0.05, 0) is 41.1 Å². The zero-order chi connectivity index (χ0) is 13.9. The quantitative estimate of drug-likeness (QED) is 0.452. The Hall–Kier alpha value is -0.700. The van der Waals surface area contributed by atoms with Crippen LogP contribution in [0.2, 0.25) is 0 Å². The Labute approximate surface area is 127 Å². The molecule has 0 heterocycles. The zero-order valence-corrected chi connectivity index (χ0v) is 14.5. The lowest BCUT2D eigenvalue weighted by Crippen LogP contribution is -1.85. The smallest absolute Gasteiger partial charge is 0.0622 e. The van der Waals surface area contributed by atoms with Gasteiger partial charge < -0.3 is 0 Å². The molecule has 0 bridgehead atoms.